The molecule has 3 aromatic carbocycles. The van der Waals surface area contributed by atoms with Crippen molar-refractivity contribution in [3.05, 3.63) is 108 Å². The number of hydrogen-bond donors (Lipinski definition) is 0. The SMILES string of the molecule is CC.CC.CC.CC.CC.CC.CC(C)c1ccccc1.CCc1ccccc1.c1ccccc1. The summed E-state index contributed by atoms with van der Waals surface area (Å²) in [5.41, 5.74) is 2.82. The summed E-state index contributed by atoms with van der Waals surface area (Å²) in [7, 11) is 0. The zero-order valence-corrected chi connectivity index (χ0v) is 26.5. The molecule has 0 unspecified atom stereocenters. The Bertz CT molecular complexity index is 556. The van der Waals surface area contributed by atoms with Crippen LogP contribution in [0.3, 0.4) is 0 Å². The molecule has 3 rings (SSSR count). The minimum Gasteiger partial charge on any atom is -0.0683 e. The van der Waals surface area contributed by atoms with Crippen LogP contribution < -0.4 is 0 Å². The van der Waals surface area contributed by atoms with E-state index in [0.717, 1.165) is 6.42 Å². The van der Waals surface area contributed by atoms with Crippen LogP contribution in [-0.4, -0.2) is 0 Å². The topological polar surface area (TPSA) is 0 Å². The van der Waals surface area contributed by atoms with Gasteiger partial charge in [-0.25, -0.2) is 0 Å². The summed E-state index contributed by atoms with van der Waals surface area (Å²) in [5.74, 6) is 0.659. The van der Waals surface area contributed by atoms with Gasteiger partial charge >= 0.3 is 0 Å². The summed E-state index contributed by atoms with van der Waals surface area (Å²) in [6.45, 7) is 30.6. The lowest BCUT2D eigenvalue weighted by Crippen LogP contribution is -1.83. The van der Waals surface area contributed by atoms with E-state index in [1.807, 2.05) is 132 Å². The highest BCUT2D eigenvalue weighted by Gasteiger charge is 1.93. The van der Waals surface area contributed by atoms with Crippen molar-refractivity contribution in [1.82, 2.24) is 0 Å². The van der Waals surface area contributed by atoms with Crippen molar-refractivity contribution >= 4 is 0 Å². The van der Waals surface area contributed by atoms with Crippen LogP contribution in [0.1, 0.15) is 121 Å². The molecule has 0 spiro atoms. The van der Waals surface area contributed by atoms with Crippen LogP contribution in [0.4, 0.5) is 0 Å². The molecule has 0 N–H and O–H groups in total. The molecule has 0 saturated heterocycles. The molecule has 0 aliphatic carbocycles. The monoisotopic (exact) mass is 485 g/mol. The standard InChI is InChI=1S/C9H12.C8H10.C6H6.6C2H6/c1-8(2)9-6-4-3-5-7-9;1-2-8-6-4-3-5-7-8;1-2-4-6-5-3-1;6*1-2/h3-8H,1-2H3;3-7H,2H2,1H3;1-6H;6*1-2H3. The fourth-order valence-corrected chi connectivity index (χ4v) is 1.94. The van der Waals surface area contributed by atoms with Crippen molar-refractivity contribution in [2.45, 2.75) is 116 Å². The zero-order valence-electron chi connectivity index (χ0n) is 26.5. The second-order valence-electron chi connectivity index (χ2n) is 5.56. The van der Waals surface area contributed by atoms with Crippen LogP contribution in [0.5, 0.6) is 0 Å². The molecular weight excluding hydrogens is 420 g/mol. The molecule has 0 saturated carbocycles. The molecule has 3 aromatic rings. The molecule has 0 amide bonds. The van der Waals surface area contributed by atoms with Gasteiger partial charge in [0.2, 0.25) is 0 Å². The molecule has 0 aromatic heterocycles. The third-order valence-electron chi connectivity index (χ3n) is 3.38. The highest BCUT2D eigenvalue weighted by Crippen LogP contribution is 2.11. The molecule has 0 fully saturated rings. The molecule has 0 heterocycles. The molecule has 35 heavy (non-hydrogen) atoms. The van der Waals surface area contributed by atoms with E-state index in [0.29, 0.717) is 5.92 Å². The van der Waals surface area contributed by atoms with Crippen LogP contribution in [0.2, 0.25) is 0 Å². The summed E-state index contributed by atoms with van der Waals surface area (Å²) < 4.78 is 0. The van der Waals surface area contributed by atoms with Crippen molar-refractivity contribution in [3.63, 3.8) is 0 Å². The van der Waals surface area contributed by atoms with Gasteiger partial charge in [-0.15, -0.1) is 0 Å². The van der Waals surface area contributed by atoms with E-state index in [2.05, 4.69) is 69.3 Å². The lowest BCUT2D eigenvalue weighted by atomic mass is 10.0. The van der Waals surface area contributed by atoms with E-state index >= 15 is 0 Å². The first kappa shape index (κ1) is 46.1. The van der Waals surface area contributed by atoms with E-state index in [1.54, 1.807) is 0 Å². The van der Waals surface area contributed by atoms with E-state index in [1.165, 1.54) is 11.1 Å². The zero-order chi connectivity index (χ0) is 28.8. The van der Waals surface area contributed by atoms with Gasteiger partial charge in [0.05, 0.1) is 0 Å². The average Bonchev–Trinajstić information content (AvgIpc) is 3.01. The summed E-state index contributed by atoms with van der Waals surface area (Å²) in [6.07, 6.45) is 1.14. The van der Waals surface area contributed by atoms with Gasteiger partial charge in [-0.3, -0.25) is 0 Å². The first-order valence-electron chi connectivity index (χ1n) is 14.3. The maximum Gasteiger partial charge on any atom is -0.0219 e. The number of aryl methyl sites for hydroxylation is 1. The Balaban J connectivity index is -0.0000000748. The molecule has 0 aliphatic heterocycles. The average molecular weight is 485 g/mol. The maximum absolute atomic E-state index is 2.20. The fraction of sp³-hybridized carbons (Fsp3) is 0.486. The van der Waals surface area contributed by atoms with Gasteiger partial charge in [0, 0.05) is 0 Å². The Morgan fingerprint density at radius 1 is 0.400 bits per heavy atom. The summed E-state index contributed by atoms with van der Waals surface area (Å²) in [4.78, 5) is 0. The first-order chi connectivity index (χ1) is 17.2. The normalized spacial score (nSPS) is 7.09. The van der Waals surface area contributed by atoms with Crippen molar-refractivity contribution in [3.8, 4) is 0 Å². The Labute approximate surface area is 224 Å². The number of hydrogen-bond acceptors (Lipinski definition) is 0. The van der Waals surface area contributed by atoms with Crippen molar-refractivity contribution < 1.29 is 0 Å². The highest BCUT2D eigenvalue weighted by molar-refractivity contribution is 5.17. The van der Waals surface area contributed by atoms with Gasteiger partial charge in [-0.05, 0) is 23.5 Å². The molecule has 0 radical (unpaired) electrons. The smallest absolute Gasteiger partial charge is 0.0219 e. The van der Waals surface area contributed by atoms with E-state index < -0.39 is 0 Å². The van der Waals surface area contributed by atoms with Crippen LogP contribution in [0, 0.1) is 0 Å². The maximum atomic E-state index is 2.20. The molecule has 0 atom stereocenters. The van der Waals surface area contributed by atoms with Gasteiger partial charge in [-0.2, -0.15) is 0 Å². The largest absolute Gasteiger partial charge is 0.0683 e. The second-order valence-corrected chi connectivity index (χ2v) is 5.56. The van der Waals surface area contributed by atoms with Gasteiger partial charge in [0.1, 0.15) is 0 Å². The van der Waals surface area contributed by atoms with Gasteiger partial charge in [0.15, 0.2) is 0 Å². The second kappa shape index (κ2) is 53.2. The molecule has 0 heteroatoms. The summed E-state index contributed by atoms with van der Waals surface area (Å²) in [6, 6.07) is 33.0. The van der Waals surface area contributed by atoms with Gasteiger partial charge in [0.25, 0.3) is 0 Å². The van der Waals surface area contributed by atoms with Crippen LogP contribution in [0.25, 0.3) is 0 Å². The Morgan fingerprint density at radius 3 is 0.800 bits per heavy atom. The molecular formula is C35H64. The highest BCUT2D eigenvalue weighted by atomic mass is 14.0. The summed E-state index contributed by atoms with van der Waals surface area (Å²) in [5, 5.41) is 0. The lowest BCUT2D eigenvalue weighted by molar-refractivity contribution is 0.867. The minimum atomic E-state index is 0.659. The van der Waals surface area contributed by atoms with Crippen molar-refractivity contribution in [2.75, 3.05) is 0 Å². The van der Waals surface area contributed by atoms with E-state index in [4.69, 9.17) is 0 Å². The predicted octanol–water partition coefficient (Wildman–Crippen LogP) is 12.9. The fourth-order valence-electron chi connectivity index (χ4n) is 1.94. The van der Waals surface area contributed by atoms with Crippen LogP contribution in [-0.2, 0) is 6.42 Å². The van der Waals surface area contributed by atoms with E-state index in [9.17, 15) is 0 Å². The molecule has 0 nitrogen and oxygen atoms in total. The Morgan fingerprint density at radius 2 is 0.629 bits per heavy atom. The molecule has 204 valence electrons. The van der Waals surface area contributed by atoms with Gasteiger partial charge < -0.3 is 0 Å². The quantitative estimate of drug-likeness (QED) is 0.339. The molecule has 0 aliphatic rings. The third kappa shape index (κ3) is 42.3. The van der Waals surface area contributed by atoms with Crippen LogP contribution >= 0.6 is 0 Å². The van der Waals surface area contributed by atoms with Crippen LogP contribution in [0.15, 0.2) is 97.1 Å². The number of rotatable bonds is 2. The molecule has 0 bridgehead atoms. The van der Waals surface area contributed by atoms with Gasteiger partial charge in [-0.1, -0.05) is 201 Å². The Kier molecular flexibility index (Phi) is 70.0. The summed E-state index contributed by atoms with van der Waals surface area (Å²) >= 11 is 0. The lowest BCUT2D eigenvalue weighted by Gasteiger charge is -2.01. The third-order valence-corrected chi connectivity index (χ3v) is 3.38. The predicted molar refractivity (Wildman–Crippen MR) is 171 cm³/mol. The first-order valence-corrected chi connectivity index (χ1v) is 14.3. The number of benzene rings is 3. The Hall–Kier alpha value is -2.34. The van der Waals surface area contributed by atoms with Crippen molar-refractivity contribution in [1.29, 1.82) is 0 Å². The minimum absolute atomic E-state index is 0.659. The van der Waals surface area contributed by atoms with Crippen molar-refractivity contribution in [2.24, 2.45) is 0 Å². The van der Waals surface area contributed by atoms with E-state index in [-0.39, 0.29) is 0 Å².